The third kappa shape index (κ3) is 1.60. The predicted octanol–water partition coefficient (Wildman–Crippen LogP) is 0.741. The first-order valence-corrected chi connectivity index (χ1v) is 6.68. The quantitative estimate of drug-likeness (QED) is 0.829. The van der Waals surface area contributed by atoms with Gasteiger partial charge in [0.05, 0.1) is 17.3 Å². The summed E-state index contributed by atoms with van der Waals surface area (Å²) in [5.41, 5.74) is 6.52. The standard InChI is InChI=1S/C11H15NO3S/c1-7(12)11-6-8-5-9(15-2)3-4-10(8)16(11,13)14/h3-5,7,11H,6,12H2,1-2H3. The van der Waals surface area contributed by atoms with Crippen molar-refractivity contribution in [2.45, 2.75) is 29.5 Å². The lowest BCUT2D eigenvalue weighted by Crippen LogP contribution is -2.36. The van der Waals surface area contributed by atoms with Crippen molar-refractivity contribution >= 4 is 9.84 Å². The van der Waals surface area contributed by atoms with Crippen molar-refractivity contribution in [3.63, 3.8) is 0 Å². The number of methoxy groups -OCH3 is 1. The van der Waals surface area contributed by atoms with Crippen LogP contribution in [-0.2, 0) is 16.3 Å². The van der Waals surface area contributed by atoms with Crippen LogP contribution in [0.4, 0.5) is 0 Å². The van der Waals surface area contributed by atoms with Crippen molar-refractivity contribution in [3.05, 3.63) is 23.8 Å². The Morgan fingerprint density at radius 1 is 1.50 bits per heavy atom. The Bertz CT molecular complexity index is 508. The van der Waals surface area contributed by atoms with E-state index in [1.165, 1.54) is 0 Å². The predicted molar refractivity (Wildman–Crippen MR) is 61.3 cm³/mol. The van der Waals surface area contributed by atoms with Gasteiger partial charge in [-0.15, -0.1) is 0 Å². The summed E-state index contributed by atoms with van der Waals surface area (Å²) >= 11 is 0. The fourth-order valence-corrected chi connectivity index (χ4v) is 4.13. The van der Waals surface area contributed by atoms with Crippen LogP contribution < -0.4 is 10.5 Å². The van der Waals surface area contributed by atoms with Crippen molar-refractivity contribution in [1.82, 2.24) is 0 Å². The largest absolute Gasteiger partial charge is 0.497 e. The molecule has 2 unspecified atom stereocenters. The van der Waals surface area contributed by atoms with Gasteiger partial charge in [0.2, 0.25) is 0 Å². The van der Waals surface area contributed by atoms with Gasteiger partial charge in [0.25, 0.3) is 0 Å². The van der Waals surface area contributed by atoms with E-state index < -0.39 is 15.1 Å². The third-order valence-electron chi connectivity index (χ3n) is 2.98. The van der Waals surface area contributed by atoms with Crippen molar-refractivity contribution in [1.29, 1.82) is 0 Å². The molecule has 0 saturated heterocycles. The molecule has 0 aliphatic carbocycles. The average molecular weight is 241 g/mol. The normalized spacial score (nSPS) is 23.8. The molecule has 88 valence electrons. The molecule has 1 aliphatic heterocycles. The second-order valence-electron chi connectivity index (χ2n) is 4.12. The van der Waals surface area contributed by atoms with E-state index in [9.17, 15) is 8.42 Å². The Balaban J connectivity index is 2.52. The molecular weight excluding hydrogens is 226 g/mol. The number of ether oxygens (including phenoxy) is 1. The Morgan fingerprint density at radius 3 is 2.75 bits per heavy atom. The minimum absolute atomic E-state index is 0.358. The Labute approximate surface area is 95.3 Å². The first-order chi connectivity index (χ1) is 7.46. The van der Waals surface area contributed by atoms with Crippen molar-refractivity contribution in [3.8, 4) is 5.75 Å². The van der Waals surface area contributed by atoms with Crippen LogP contribution in [0.5, 0.6) is 5.75 Å². The molecule has 2 atom stereocenters. The number of nitrogens with two attached hydrogens (primary N) is 1. The lowest BCUT2D eigenvalue weighted by molar-refractivity contribution is 0.414. The molecule has 5 heteroatoms. The van der Waals surface area contributed by atoms with Crippen molar-refractivity contribution in [2.75, 3.05) is 7.11 Å². The molecule has 1 aliphatic rings. The van der Waals surface area contributed by atoms with Crippen LogP contribution in [0.2, 0.25) is 0 Å². The van der Waals surface area contributed by atoms with Gasteiger partial charge in [-0.3, -0.25) is 0 Å². The number of sulfone groups is 1. The molecule has 0 saturated carbocycles. The topological polar surface area (TPSA) is 69.4 Å². The summed E-state index contributed by atoms with van der Waals surface area (Å²) in [5.74, 6) is 0.680. The van der Waals surface area contributed by atoms with E-state index in [-0.39, 0.29) is 6.04 Å². The van der Waals surface area contributed by atoms with Gasteiger partial charge in [-0.25, -0.2) is 8.42 Å². The summed E-state index contributed by atoms with van der Waals surface area (Å²) in [6.07, 6.45) is 0.479. The van der Waals surface area contributed by atoms with Gasteiger partial charge in [0.1, 0.15) is 5.75 Å². The minimum Gasteiger partial charge on any atom is -0.497 e. The third-order valence-corrected chi connectivity index (χ3v) is 5.38. The fourth-order valence-electron chi connectivity index (χ4n) is 2.08. The molecule has 2 N–H and O–H groups in total. The number of fused-ring (bicyclic) bond motifs is 1. The number of hydrogen-bond acceptors (Lipinski definition) is 4. The van der Waals surface area contributed by atoms with Crippen LogP contribution in [-0.4, -0.2) is 26.8 Å². The molecule has 16 heavy (non-hydrogen) atoms. The molecule has 0 amide bonds. The molecule has 0 bridgehead atoms. The van der Waals surface area contributed by atoms with Crippen LogP contribution in [0.3, 0.4) is 0 Å². The smallest absolute Gasteiger partial charge is 0.183 e. The van der Waals surface area contributed by atoms with Gasteiger partial charge in [-0.2, -0.15) is 0 Å². The molecule has 0 spiro atoms. The average Bonchev–Trinajstić information content (AvgIpc) is 2.50. The number of hydrogen-bond donors (Lipinski definition) is 1. The maximum Gasteiger partial charge on any atom is 0.183 e. The molecule has 2 rings (SSSR count). The van der Waals surface area contributed by atoms with Crippen molar-refractivity contribution < 1.29 is 13.2 Å². The van der Waals surface area contributed by atoms with Crippen LogP contribution in [0, 0.1) is 0 Å². The summed E-state index contributed by atoms with van der Waals surface area (Å²) < 4.78 is 29.3. The van der Waals surface area contributed by atoms with Gasteiger partial charge >= 0.3 is 0 Å². The molecule has 0 radical (unpaired) electrons. The van der Waals surface area contributed by atoms with Crippen LogP contribution in [0.25, 0.3) is 0 Å². The maximum absolute atomic E-state index is 12.1. The molecule has 0 fully saturated rings. The molecule has 4 nitrogen and oxygen atoms in total. The van der Waals surface area contributed by atoms with Gasteiger partial charge < -0.3 is 10.5 Å². The highest BCUT2D eigenvalue weighted by Crippen LogP contribution is 2.34. The Hall–Kier alpha value is -1.07. The summed E-state index contributed by atoms with van der Waals surface area (Å²) in [6, 6.07) is 4.68. The van der Waals surface area contributed by atoms with E-state index in [1.807, 2.05) is 0 Å². The van der Waals surface area contributed by atoms with E-state index in [0.717, 1.165) is 5.56 Å². The Kier molecular flexibility index (Phi) is 2.67. The highest BCUT2D eigenvalue weighted by Gasteiger charge is 2.39. The SMILES string of the molecule is COc1ccc2c(c1)CC(C(C)N)S2(=O)=O. The molecule has 1 heterocycles. The molecule has 1 aromatic rings. The van der Waals surface area contributed by atoms with E-state index in [1.54, 1.807) is 32.2 Å². The molecular formula is C11H15NO3S. The number of benzene rings is 1. The monoisotopic (exact) mass is 241 g/mol. The van der Waals surface area contributed by atoms with Gasteiger partial charge in [-0.05, 0) is 37.1 Å². The molecule has 1 aromatic carbocycles. The second-order valence-corrected chi connectivity index (χ2v) is 6.26. The highest BCUT2D eigenvalue weighted by molar-refractivity contribution is 7.92. The van der Waals surface area contributed by atoms with Crippen LogP contribution in [0.15, 0.2) is 23.1 Å². The summed E-state index contributed by atoms with van der Waals surface area (Å²) in [4.78, 5) is 0.399. The van der Waals surface area contributed by atoms with Gasteiger partial charge in [-0.1, -0.05) is 0 Å². The zero-order valence-electron chi connectivity index (χ0n) is 9.30. The lowest BCUT2D eigenvalue weighted by Gasteiger charge is -2.12. The Morgan fingerprint density at radius 2 is 2.19 bits per heavy atom. The highest BCUT2D eigenvalue weighted by atomic mass is 32.2. The molecule has 0 aromatic heterocycles. The number of rotatable bonds is 2. The lowest BCUT2D eigenvalue weighted by atomic mass is 10.1. The fraction of sp³-hybridized carbons (Fsp3) is 0.455. The zero-order chi connectivity index (χ0) is 11.9. The maximum atomic E-state index is 12.1. The van der Waals surface area contributed by atoms with Gasteiger partial charge in [0.15, 0.2) is 9.84 Å². The van der Waals surface area contributed by atoms with E-state index >= 15 is 0 Å². The van der Waals surface area contributed by atoms with E-state index in [4.69, 9.17) is 10.5 Å². The first-order valence-electron chi connectivity index (χ1n) is 5.13. The van der Waals surface area contributed by atoms with E-state index in [0.29, 0.717) is 17.1 Å². The summed E-state index contributed by atoms with van der Waals surface area (Å²) in [5, 5.41) is -0.505. The minimum atomic E-state index is -3.25. The first kappa shape index (κ1) is 11.4. The van der Waals surface area contributed by atoms with Crippen molar-refractivity contribution in [2.24, 2.45) is 5.73 Å². The van der Waals surface area contributed by atoms with Gasteiger partial charge in [0, 0.05) is 6.04 Å². The summed E-state index contributed by atoms with van der Waals surface area (Å²) in [6.45, 7) is 1.73. The van der Waals surface area contributed by atoms with E-state index in [2.05, 4.69) is 0 Å². The van der Waals surface area contributed by atoms with Crippen LogP contribution in [0.1, 0.15) is 12.5 Å². The zero-order valence-corrected chi connectivity index (χ0v) is 10.1. The second kappa shape index (κ2) is 3.75. The summed E-state index contributed by atoms with van der Waals surface area (Å²) in [7, 11) is -1.69. The van der Waals surface area contributed by atoms with Crippen LogP contribution >= 0.6 is 0 Å².